The summed E-state index contributed by atoms with van der Waals surface area (Å²) in [5, 5.41) is 0. The molecule has 2 saturated carbocycles. The van der Waals surface area contributed by atoms with Gasteiger partial charge in [0.05, 0.1) is 6.61 Å². The van der Waals surface area contributed by atoms with E-state index in [1.165, 1.54) is 0 Å². The smallest absolute Gasteiger partial charge is 0.316 e. The lowest BCUT2D eigenvalue weighted by atomic mass is 9.79. The molecule has 0 amide bonds. The van der Waals surface area contributed by atoms with Crippen LogP contribution >= 0.6 is 0 Å². The van der Waals surface area contributed by atoms with Gasteiger partial charge in [0.1, 0.15) is 11.7 Å². The number of ketones is 1. The maximum Gasteiger partial charge on any atom is 0.316 e. The summed E-state index contributed by atoms with van der Waals surface area (Å²) in [5.74, 6) is 0.220. The van der Waals surface area contributed by atoms with E-state index in [1.807, 2.05) is 0 Å². The Morgan fingerprint density at radius 3 is 3.00 bits per heavy atom. The van der Waals surface area contributed by atoms with E-state index < -0.39 is 5.92 Å². The number of fused-ring (bicyclic) bond motifs is 2. The Bertz CT molecular complexity index is 259. The predicted molar refractivity (Wildman–Crippen MR) is 50.6 cm³/mol. The largest absolute Gasteiger partial charge is 0.465 e. The van der Waals surface area contributed by atoms with E-state index >= 15 is 0 Å². The number of carbonyl (C=O) groups is 2. The predicted octanol–water partition coefficient (Wildman–Crippen LogP) is 1.55. The van der Waals surface area contributed by atoms with Gasteiger partial charge in [0.15, 0.2) is 0 Å². The molecule has 3 atom stereocenters. The summed E-state index contributed by atoms with van der Waals surface area (Å²) in [7, 11) is 0. The molecule has 2 aliphatic rings. The quantitative estimate of drug-likeness (QED) is 0.497. The van der Waals surface area contributed by atoms with E-state index in [-0.39, 0.29) is 17.7 Å². The van der Waals surface area contributed by atoms with Crippen LogP contribution in [0.5, 0.6) is 0 Å². The molecule has 3 heteroatoms. The summed E-state index contributed by atoms with van der Waals surface area (Å²) >= 11 is 0. The number of carbonyl (C=O) groups excluding carboxylic acids is 2. The fourth-order valence-corrected chi connectivity index (χ4v) is 2.83. The Morgan fingerprint density at radius 2 is 2.29 bits per heavy atom. The molecule has 2 aliphatic carbocycles. The summed E-state index contributed by atoms with van der Waals surface area (Å²) < 4.78 is 4.94. The van der Waals surface area contributed by atoms with Gasteiger partial charge >= 0.3 is 5.97 Å². The number of rotatable bonds is 2. The van der Waals surface area contributed by atoms with Crippen LogP contribution in [0, 0.1) is 17.8 Å². The Balaban J connectivity index is 2.08. The number of ether oxygens (including phenoxy) is 1. The van der Waals surface area contributed by atoms with E-state index in [0.29, 0.717) is 18.9 Å². The molecule has 0 N–H and O–H groups in total. The highest BCUT2D eigenvalue weighted by Crippen LogP contribution is 2.43. The van der Waals surface area contributed by atoms with Crippen LogP contribution in [-0.4, -0.2) is 18.4 Å². The standard InChI is InChI=1S/C11H16O3/c1-2-14-11(13)10-8-4-3-7(5-8)6-9(10)12/h7-8,10H,2-6H2,1H3/t7-,8?,10?/m1/s1. The van der Waals surface area contributed by atoms with Gasteiger partial charge < -0.3 is 4.74 Å². The minimum atomic E-state index is -0.436. The van der Waals surface area contributed by atoms with Crippen LogP contribution in [-0.2, 0) is 14.3 Å². The Hall–Kier alpha value is -0.860. The summed E-state index contributed by atoms with van der Waals surface area (Å²) in [4.78, 5) is 23.2. The normalized spacial score (nSPS) is 35.8. The summed E-state index contributed by atoms with van der Waals surface area (Å²) in [5.41, 5.74) is 0. The van der Waals surface area contributed by atoms with E-state index in [2.05, 4.69) is 0 Å². The fourth-order valence-electron chi connectivity index (χ4n) is 2.83. The molecule has 2 fully saturated rings. The van der Waals surface area contributed by atoms with Gasteiger partial charge in [-0.1, -0.05) is 0 Å². The zero-order valence-corrected chi connectivity index (χ0v) is 8.49. The van der Waals surface area contributed by atoms with Gasteiger partial charge in [-0.3, -0.25) is 9.59 Å². The zero-order valence-electron chi connectivity index (χ0n) is 8.49. The molecule has 14 heavy (non-hydrogen) atoms. The first-order valence-corrected chi connectivity index (χ1v) is 5.41. The third-order valence-corrected chi connectivity index (χ3v) is 3.43. The van der Waals surface area contributed by atoms with Crippen LogP contribution in [0.1, 0.15) is 32.6 Å². The molecular weight excluding hydrogens is 180 g/mol. The van der Waals surface area contributed by atoms with Gasteiger partial charge in [-0.25, -0.2) is 0 Å². The Morgan fingerprint density at radius 1 is 1.50 bits per heavy atom. The van der Waals surface area contributed by atoms with Gasteiger partial charge in [-0.2, -0.15) is 0 Å². The van der Waals surface area contributed by atoms with Crippen LogP contribution in [0.3, 0.4) is 0 Å². The second kappa shape index (κ2) is 3.71. The van der Waals surface area contributed by atoms with E-state index in [4.69, 9.17) is 4.74 Å². The molecule has 0 heterocycles. The summed E-state index contributed by atoms with van der Waals surface area (Å²) in [6, 6.07) is 0. The van der Waals surface area contributed by atoms with Crippen molar-refractivity contribution in [1.82, 2.24) is 0 Å². The lowest BCUT2D eigenvalue weighted by Crippen LogP contribution is -2.35. The van der Waals surface area contributed by atoms with Gasteiger partial charge in [0.25, 0.3) is 0 Å². The third-order valence-electron chi connectivity index (χ3n) is 3.43. The number of hydrogen-bond acceptors (Lipinski definition) is 3. The highest BCUT2D eigenvalue weighted by molar-refractivity contribution is 6.00. The molecule has 0 aliphatic heterocycles. The molecule has 0 aromatic heterocycles. The molecule has 0 spiro atoms. The third kappa shape index (κ3) is 1.56. The number of Topliss-reactive ketones (excluding diaryl/α,β-unsaturated/α-hetero) is 1. The van der Waals surface area contributed by atoms with Crippen LogP contribution in [0.4, 0.5) is 0 Å². The highest BCUT2D eigenvalue weighted by atomic mass is 16.5. The van der Waals surface area contributed by atoms with Crippen molar-refractivity contribution in [3.63, 3.8) is 0 Å². The van der Waals surface area contributed by atoms with Crippen LogP contribution in [0.15, 0.2) is 0 Å². The fraction of sp³-hybridized carbons (Fsp3) is 0.818. The maximum absolute atomic E-state index is 11.7. The minimum absolute atomic E-state index is 0.113. The molecule has 78 valence electrons. The monoisotopic (exact) mass is 196 g/mol. The van der Waals surface area contributed by atoms with Crippen molar-refractivity contribution in [2.24, 2.45) is 17.8 Å². The highest BCUT2D eigenvalue weighted by Gasteiger charge is 2.45. The minimum Gasteiger partial charge on any atom is -0.465 e. The van der Waals surface area contributed by atoms with Crippen molar-refractivity contribution in [2.75, 3.05) is 6.61 Å². The lowest BCUT2D eigenvalue weighted by Gasteiger charge is -2.25. The average molecular weight is 196 g/mol. The Kier molecular flexibility index (Phi) is 2.57. The molecule has 2 bridgehead atoms. The molecule has 0 aromatic rings. The summed E-state index contributed by atoms with van der Waals surface area (Å²) in [6.45, 7) is 2.15. The second-order valence-corrected chi connectivity index (χ2v) is 4.34. The molecule has 0 aromatic carbocycles. The number of esters is 1. The van der Waals surface area contributed by atoms with Crippen molar-refractivity contribution >= 4 is 11.8 Å². The van der Waals surface area contributed by atoms with Gasteiger partial charge in [0, 0.05) is 6.42 Å². The van der Waals surface area contributed by atoms with Crippen LogP contribution in [0.25, 0.3) is 0 Å². The Labute approximate surface area is 83.8 Å². The summed E-state index contributed by atoms with van der Waals surface area (Å²) in [6.07, 6.45) is 3.79. The van der Waals surface area contributed by atoms with Crippen molar-refractivity contribution < 1.29 is 14.3 Å². The van der Waals surface area contributed by atoms with E-state index in [1.54, 1.807) is 6.92 Å². The van der Waals surface area contributed by atoms with Crippen LogP contribution in [0.2, 0.25) is 0 Å². The zero-order chi connectivity index (χ0) is 10.1. The first kappa shape index (κ1) is 9.69. The molecular formula is C11H16O3. The molecule has 0 saturated heterocycles. The topological polar surface area (TPSA) is 43.4 Å². The van der Waals surface area contributed by atoms with Crippen molar-refractivity contribution in [3.8, 4) is 0 Å². The average Bonchev–Trinajstić information content (AvgIpc) is 2.48. The van der Waals surface area contributed by atoms with Gasteiger partial charge in [-0.05, 0) is 38.0 Å². The molecule has 2 unspecified atom stereocenters. The first-order chi connectivity index (χ1) is 6.72. The molecule has 2 rings (SSSR count). The van der Waals surface area contributed by atoms with E-state index in [9.17, 15) is 9.59 Å². The first-order valence-electron chi connectivity index (χ1n) is 5.41. The SMILES string of the molecule is CCOC(=O)C1C(=O)C[C@@H]2CCC1C2. The lowest BCUT2D eigenvalue weighted by molar-refractivity contribution is -0.155. The van der Waals surface area contributed by atoms with Crippen molar-refractivity contribution in [1.29, 1.82) is 0 Å². The molecule has 3 nitrogen and oxygen atoms in total. The van der Waals surface area contributed by atoms with Crippen molar-refractivity contribution in [2.45, 2.75) is 32.6 Å². The van der Waals surface area contributed by atoms with Crippen molar-refractivity contribution in [3.05, 3.63) is 0 Å². The van der Waals surface area contributed by atoms with Gasteiger partial charge in [-0.15, -0.1) is 0 Å². The van der Waals surface area contributed by atoms with Crippen LogP contribution < -0.4 is 0 Å². The molecule has 0 radical (unpaired) electrons. The maximum atomic E-state index is 11.7. The van der Waals surface area contributed by atoms with Gasteiger partial charge in [0.2, 0.25) is 0 Å². The van der Waals surface area contributed by atoms with E-state index in [0.717, 1.165) is 19.3 Å². The second-order valence-electron chi connectivity index (χ2n) is 4.34. The number of hydrogen-bond donors (Lipinski definition) is 0.